The minimum atomic E-state index is -0.808. The van der Waals surface area contributed by atoms with Crippen molar-refractivity contribution in [3.63, 3.8) is 0 Å². The Balaban J connectivity index is 0. The predicted molar refractivity (Wildman–Crippen MR) is 49.4 cm³/mol. The van der Waals surface area contributed by atoms with Gasteiger partial charge in [-0.25, -0.2) is 0 Å². The van der Waals surface area contributed by atoms with Crippen molar-refractivity contribution < 1.29 is 59.1 Å². The predicted octanol–water partition coefficient (Wildman–Crippen LogP) is -0.631. The third-order valence-electron chi connectivity index (χ3n) is 1.85. The maximum atomic E-state index is 10.5. The summed E-state index contributed by atoms with van der Waals surface area (Å²) in [6.07, 6.45) is 2.34. The van der Waals surface area contributed by atoms with Gasteiger partial charge >= 0.3 is 5.97 Å². The van der Waals surface area contributed by atoms with E-state index < -0.39 is 12.0 Å². The molecule has 0 aromatic rings. The Labute approximate surface area is 120 Å². The number of likely N-dealkylation sites (N-methyl/N-ethyl adjacent to an activating group) is 1. The second-order valence-corrected chi connectivity index (χ2v) is 2.83. The summed E-state index contributed by atoms with van der Waals surface area (Å²) in [5.74, 6) is -0.808. The van der Waals surface area contributed by atoms with Gasteiger partial charge in [-0.1, -0.05) is 6.42 Å². The van der Waals surface area contributed by atoms with Gasteiger partial charge < -0.3 is 15.5 Å². The Bertz CT molecular complexity index is 147. The van der Waals surface area contributed by atoms with Crippen LogP contribution < -0.4 is 10.6 Å². The maximum Gasteiger partial charge on any atom is 0.320 e. The summed E-state index contributed by atoms with van der Waals surface area (Å²) in [7, 11) is 1.64. The number of hydrogen-bond acceptors (Lipinski definition) is 4. The van der Waals surface area contributed by atoms with Crippen molar-refractivity contribution in [2.24, 2.45) is 0 Å². The van der Waals surface area contributed by atoms with Crippen LogP contribution in [0.25, 0.3) is 0 Å². The zero-order valence-electron chi connectivity index (χ0n) is 8.49. The molecule has 0 bridgehead atoms. The molecule has 0 aliphatic rings. The number of hydrogen-bond donors (Lipinski definition) is 4. The second-order valence-electron chi connectivity index (χ2n) is 2.83. The van der Waals surface area contributed by atoms with E-state index in [0.717, 1.165) is 19.4 Å². The summed E-state index contributed by atoms with van der Waals surface area (Å²) < 4.78 is 0. The molecule has 0 aliphatic carbocycles. The van der Waals surface area contributed by atoms with Crippen molar-refractivity contribution in [1.82, 2.24) is 10.6 Å². The number of rotatable bonds is 8. The van der Waals surface area contributed by atoms with E-state index in [-0.39, 0.29) is 50.8 Å². The van der Waals surface area contributed by atoms with E-state index in [2.05, 4.69) is 10.6 Å². The smallest absolute Gasteiger partial charge is 0.320 e. The van der Waals surface area contributed by atoms with Crippen LogP contribution in [-0.2, 0) is 4.79 Å². The maximum absolute atomic E-state index is 10.5. The van der Waals surface area contributed by atoms with Crippen molar-refractivity contribution in [3.05, 3.63) is 0 Å². The van der Waals surface area contributed by atoms with E-state index in [1.54, 1.807) is 7.05 Å². The number of unbranched alkanes of at least 4 members (excludes halogenated alkanes) is 1. The molecule has 1 radical (unpaired) electrons. The standard InChI is InChI=1S/C8H18N2O3.Ac/c1-9-7(8(12)13)4-2-3-5-10-6-11;/h7,9-11H,2-6H2,1H3,(H,12,13);. The first kappa shape index (κ1) is 17.2. The fraction of sp³-hybridized carbons (Fsp3) is 0.875. The van der Waals surface area contributed by atoms with Crippen LogP contribution in [0.3, 0.4) is 0 Å². The van der Waals surface area contributed by atoms with Crippen LogP contribution in [-0.4, -0.2) is 42.5 Å². The van der Waals surface area contributed by atoms with E-state index in [1.165, 1.54) is 0 Å². The molecule has 0 saturated carbocycles. The SMILES string of the molecule is CNC(CCCCNCO)C(=O)O.[Ac]. The summed E-state index contributed by atoms with van der Waals surface area (Å²) in [4.78, 5) is 10.5. The van der Waals surface area contributed by atoms with E-state index >= 15 is 0 Å². The monoisotopic (exact) mass is 417 g/mol. The second kappa shape index (κ2) is 11.9. The largest absolute Gasteiger partial charge is 0.480 e. The van der Waals surface area contributed by atoms with Gasteiger partial charge in [0, 0.05) is 44.1 Å². The number of carboxylic acids is 1. The number of aliphatic carboxylic acids is 1. The fourth-order valence-corrected chi connectivity index (χ4v) is 1.07. The molecule has 0 aliphatic heterocycles. The third-order valence-corrected chi connectivity index (χ3v) is 1.85. The third kappa shape index (κ3) is 9.35. The number of aliphatic hydroxyl groups is 1. The molecule has 81 valence electrons. The minimum Gasteiger partial charge on any atom is -0.480 e. The number of aliphatic hydroxyl groups excluding tert-OH is 1. The van der Waals surface area contributed by atoms with Gasteiger partial charge in [0.1, 0.15) is 6.04 Å². The van der Waals surface area contributed by atoms with Crippen LogP contribution in [0, 0.1) is 44.1 Å². The van der Waals surface area contributed by atoms with E-state index in [0.29, 0.717) is 6.42 Å². The molecule has 0 rings (SSSR count). The summed E-state index contributed by atoms with van der Waals surface area (Å²) >= 11 is 0. The van der Waals surface area contributed by atoms with Crippen molar-refractivity contribution >= 4 is 5.97 Å². The Hall–Kier alpha value is 0.792. The Kier molecular flexibility index (Phi) is 14.6. The first-order valence-electron chi connectivity index (χ1n) is 4.44. The molecule has 1 atom stereocenters. The molecule has 0 aromatic heterocycles. The van der Waals surface area contributed by atoms with E-state index in [1.807, 2.05) is 0 Å². The van der Waals surface area contributed by atoms with Crippen LogP contribution in [0.2, 0.25) is 0 Å². The molecule has 0 saturated heterocycles. The van der Waals surface area contributed by atoms with Gasteiger partial charge in [0.05, 0.1) is 6.73 Å². The summed E-state index contributed by atoms with van der Waals surface area (Å²) in [6, 6.07) is -0.450. The van der Waals surface area contributed by atoms with Crippen molar-refractivity contribution in [2.75, 3.05) is 20.3 Å². The van der Waals surface area contributed by atoms with Crippen LogP contribution in [0.1, 0.15) is 19.3 Å². The van der Waals surface area contributed by atoms with Crippen LogP contribution in [0.5, 0.6) is 0 Å². The van der Waals surface area contributed by atoms with E-state index in [9.17, 15) is 4.79 Å². The molecule has 0 spiro atoms. The van der Waals surface area contributed by atoms with Crippen molar-refractivity contribution in [1.29, 1.82) is 0 Å². The Morgan fingerprint density at radius 2 is 2.07 bits per heavy atom. The number of carbonyl (C=O) groups is 1. The van der Waals surface area contributed by atoms with Crippen molar-refractivity contribution in [2.45, 2.75) is 25.3 Å². The average molecular weight is 417 g/mol. The molecule has 0 fully saturated rings. The molecule has 0 aromatic carbocycles. The number of nitrogens with one attached hydrogen (secondary N) is 2. The van der Waals surface area contributed by atoms with Crippen LogP contribution in [0.4, 0.5) is 0 Å². The normalized spacial score (nSPS) is 11.9. The van der Waals surface area contributed by atoms with Gasteiger partial charge in [-0.2, -0.15) is 0 Å². The molecule has 14 heavy (non-hydrogen) atoms. The summed E-state index contributed by atoms with van der Waals surface area (Å²) in [6.45, 7) is 0.709. The first-order chi connectivity index (χ1) is 6.22. The molecular formula is C8H18AcN2O3. The minimum absolute atomic E-state index is 0. The first-order valence-corrected chi connectivity index (χ1v) is 4.44. The zero-order valence-corrected chi connectivity index (χ0v) is 13.2. The number of carboxylic acid groups (broad SMARTS) is 1. The fourth-order valence-electron chi connectivity index (χ4n) is 1.07. The summed E-state index contributed by atoms with van der Waals surface area (Å²) in [5, 5.41) is 22.5. The average Bonchev–Trinajstić information content (AvgIpc) is 2.10. The molecule has 4 N–H and O–H groups in total. The van der Waals surface area contributed by atoms with Crippen LogP contribution in [0.15, 0.2) is 0 Å². The molecular weight excluding hydrogens is 399 g/mol. The van der Waals surface area contributed by atoms with Gasteiger partial charge in [0.15, 0.2) is 0 Å². The van der Waals surface area contributed by atoms with Gasteiger partial charge in [-0.05, 0) is 26.4 Å². The van der Waals surface area contributed by atoms with Gasteiger partial charge in [0.2, 0.25) is 0 Å². The van der Waals surface area contributed by atoms with Crippen molar-refractivity contribution in [3.8, 4) is 0 Å². The molecule has 6 heteroatoms. The van der Waals surface area contributed by atoms with Gasteiger partial charge in [-0.15, -0.1) is 0 Å². The van der Waals surface area contributed by atoms with Crippen LogP contribution >= 0.6 is 0 Å². The molecule has 5 nitrogen and oxygen atoms in total. The molecule has 0 heterocycles. The topological polar surface area (TPSA) is 81.6 Å². The zero-order chi connectivity index (χ0) is 10.1. The molecule has 0 amide bonds. The van der Waals surface area contributed by atoms with Gasteiger partial charge in [0.25, 0.3) is 0 Å². The quantitative estimate of drug-likeness (QED) is 0.313. The van der Waals surface area contributed by atoms with E-state index in [4.69, 9.17) is 10.2 Å². The Morgan fingerprint density at radius 3 is 2.50 bits per heavy atom. The molecule has 1 unspecified atom stereocenters. The summed E-state index contributed by atoms with van der Waals surface area (Å²) in [5.41, 5.74) is 0. The Morgan fingerprint density at radius 1 is 1.43 bits per heavy atom. The van der Waals surface area contributed by atoms with Gasteiger partial charge in [-0.3, -0.25) is 10.1 Å².